The predicted molar refractivity (Wildman–Crippen MR) is 181 cm³/mol. The number of unbranched alkanes of at least 4 members (excludes halogenated alkanes) is 1. The SMILES string of the molecule is CCCCOC(=O)CC[C@@H](C)[C@H]1CC[C@H]2C3[C@H](OC(=O)CCN)CC4C[C@H](OC(=O)CCN)CC[C@]4(C)[C@H]3C[C@H](OC(=O)CCN)[C@]12C. The van der Waals surface area contributed by atoms with Gasteiger partial charge in [0, 0.05) is 37.4 Å². The van der Waals surface area contributed by atoms with E-state index in [0.717, 1.165) is 38.5 Å². The zero-order valence-electron chi connectivity index (χ0n) is 29.9. The van der Waals surface area contributed by atoms with Crippen molar-refractivity contribution < 1.29 is 38.1 Å². The maximum atomic E-state index is 13.2. The molecule has 0 aromatic heterocycles. The van der Waals surface area contributed by atoms with Crippen molar-refractivity contribution in [2.75, 3.05) is 26.2 Å². The Hall–Kier alpha value is -2.24. The van der Waals surface area contributed by atoms with Gasteiger partial charge in [0.1, 0.15) is 18.3 Å². The molecule has 11 heteroatoms. The fourth-order valence-electron chi connectivity index (χ4n) is 10.5. The van der Waals surface area contributed by atoms with Gasteiger partial charge in [-0.2, -0.15) is 0 Å². The Balaban J connectivity index is 1.65. The van der Waals surface area contributed by atoms with E-state index < -0.39 is 0 Å². The molecule has 0 aromatic rings. The van der Waals surface area contributed by atoms with Gasteiger partial charge in [0.25, 0.3) is 0 Å². The molecule has 4 fully saturated rings. The highest BCUT2D eigenvalue weighted by Gasteiger charge is 2.67. The van der Waals surface area contributed by atoms with Crippen LogP contribution in [0.5, 0.6) is 0 Å². The van der Waals surface area contributed by atoms with Crippen molar-refractivity contribution in [1.82, 2.24) is 0 Å². The lowest BCUT2D eigenvalue weighted by Crippen LogP contribution is -2.63. The highest BCUT2D eigenvalue weighted by Crippen LogP contribution is 2.69. The summed E-state index contributed by atoms with van der Waals surface area (Å²) >= 11 is 0. The van der Waals surface area contributed by atoms with Gasteiger partial charge in [0.2, 0.25) is 0 Å². The van der Waals surface area contributed by atoms with Crippen LogP contribution in [0.1, 0.15) is 118 Å². The van der Waals surface area contributed by atoms with Crippen LogP contribution >= 0.6 is 0 Å². The van der Waals surface area contributed by atoms with Crippen molar-refractivity contribution in [1.29, 1.82) is 0 Å². The van der Waals surface area contributed by atoms with Crippen LogP contribution < -0.4 is 17.2 Å². The van der Waals surface area contributed by atoms with Gasteiger partial charge in [-0.3, -0.25) is 19.2 Å². The summed E-state index contributed by atoms with van der Waals surface area (Å²) in [5.74, 6) is -0.0202. The lowest BCUT2D eigenvalue weighted by Gasteiger charge is -2.64. The molecule has 0 spiro atoms. The fraction of sp³-hybridized carbons (Fsp3) is 0.892. The molecule has 4 rings (SSSR count). The number of fused-ring (bicyclic) bond motifs is 5. The quantitative estimate of drug-likeness (QED) is 0.120. The second-order valence-electron chi connectivity index (χ2n) is 15.6. The Morgan fingerprint density at radius 3 is 2.06 bits per heavy atom. The third-order valence-corrected chi connectivity index (χ3v) is 12.9. The highest BCUT2D eigenvalue weighted by atomic mass is 16.6. The van der Waals surface area contributed by atoms with Gasteiger partial charge >= 0.3 is 23.9 Å². The molecule has 0 aromatic carbocycles. The number of hydrogen-bond donors (Lipinski definition) is 3. The number of hydrogen-bond acceptors (Lipinski definition) is 11. The molecule has 11 nitrogen and oxygen atoms in total. The summed E-state index contributed by atoms with van der Waals surface area (Å²) in [5.41, 5.74) is 16.7. The molecule has 0 aliphatic heterocycles. The molecule has 2 unspecified atom stereocenters. The van der Waals surface area contributed by atoms with E-state index in [1.165, 1.54) is 0 Å². The van der Waals surface area contributed by atoms with E-state index in [1.54, 1.807) is 0 Å². The van der Waals surface area contributed by atoms with Crippen molar-refractivity contribution in [2.24, 2.45) is 63.5 Å². The van der Waals surface area contributed by atoms with Crippen LogP contribution in [-0.2, 0) is 38.1 Å². The van der Waals surface area contributed by atoms with Crippen LogP contribution in [0, 0.1) is 46.3 Å². The Morgan fingerprint density at radius 2 is 1.42 bits per heavy atom. The van der Waals surface area contributed by atoms with Gasteiger partial charge in [-0.15, -0.1) is 0 Å². The Morgan fingerprint density at radius 1 is 0.771 bits per heavy atom. The van der Waals surface area contributed by atoms with Crippen LogP contribution in [0.2, 0.25) is 0 Å². The molecule has 0 saturated heterocycles. The summed E-state index contributed by atoms with van der Waals surface area (Å²) < 4.78 is 24.1. The summed E-state index contributed by atoms with van der Waals surface area (Å²) in [4.78, 5) is 51.2. The molecule has 0 amide bonds. The number of ether oxygens (including phenoxy) is 4. The van der Waals surface area contributed by atoms with Gasteiger partial charge in [-0.25, -0.2) is 0 Å². The first-order valence-corrected chi connectivity index (χ1v) is 18.8. The van der Waals surface area contributed by atoms with E-state index in [0.29, 0.717) is 38.7 Å². The third-order valence-electron chi connectivity index (χ3n) is 12.9. The van der Waals surface area contributed by atoms with Crippen LogP contribution in [0.4, 0.5) is 0 Å². The minimum atomic E-state index is -0.367. The molecular formula is C37H63N3O8. The first-order chi connectivity index (χ1) is 22.9. The number of carbonyl (C=O) groups excluding carboxylic acids is 4. The average molecular weight is 678 g/mol. The van der Waals surface area contributed by atoms with Crippen LogP contribution in [0.15, 0.2) is 0 Å². The van der Waals surface area contributed by atoms with Crippen LogP contribution in [0.3, 0.4) is 0 Å². The molecule has 6 N–H and O–H groups in total. The largest absolute Gasteiger partial charge is 0.466 e. The van der Waals surface area contributed by atoms with Crippen molar-refractivity contribution in [3.05, 3.63) is 0 Å². The zero-order chi connectivity index (χ0) is 35.1. The molecule has 4 aliphatic rings. The predicted octanol–water partition coefficient (Wildman–Crippen LogP) is 4.41. The third kappa shape index (κ3) is 8.37. The van der Waals surface area contributed by atoms with E-state index in [1.807, 2.05) is 0 Å². The van der Waals surface area contributed by atoms with Gasteiger partial charge in [0.15, 0.2) is 0 Å². The molecular weight excluding hydrogens is 614 g/mol. The van der Waals surface area contributed by atoms with Crippen LogP contribution in [-0.4, -0.2) is 68.4 Å². The number of esters is 4. The lowest BCUT2D eigenvalue weighted by molar-refractivity contribution is -0.225. The molecule has 0 radical (unpaired) electrons. The first kappa shape index (κ1) is 38.6. The summed E-state index contributed by atoms with van der Waals surface area (Å²) in [7, 11) is 0. The topological polar surface area (TPSA) is 183 Å². The van der Waals surface area contributed by atoms with E-state index in [4.69, 9.17) is 36.1 Å². The molecule has 274 valence electrons. The lowest BCUT2D eigenvalue weighted by atomic mass is 9.43. The van der Waals surface area contributed by atoms with Crippen molar-refractivity contribution in [3.63, 3.8) is 0 Å². The monoisotopic (exact) mass is 677 g/mol. The molecule has 4 saturated carbocycles. The number of nitrogens with two attached hydrogens (primary N) is 3. The van der Waals surface area contributed by atoms with Crippen molar-refractivity contribution in [2.45, 2.75) is 136 Å². The molecule has 4 aliphatic carbocycles. The van der Waals surface area contributed by atoms with Crippen molar-refractivity contribution in [3.8, 4) is 0 Å². The summed E-state index contributed by atoms with van der Waals surface area (Å²) in [6, 6.07) is 0. The molecule has 0 bridgehead atoms. The Kier molecular flexibility index (Phi) is 13.8. The summed E-state index contributed by atoms with van der Waals surface area (Å²) in [6.45, 7) is 10.1. The maximum Gasteiger partial charge on any atom is 0.307 e. The first-order valence-electron chi connectivity index (χ1n) is 18.8. The van der Waals surface area contributed by atoms with E-state index in [9.17, 15) is 19.2 Å². The van der Waals surface area contributed by atoms with Gasteiger partial charge in [-0.05, 0) is 92.8 Å². The minimum Gasteiger partial charge on any atom is -0.466 e. The molecule has 11 atom stereocenters. The smallest absolute Gasteiger partial charge is 0.307 e. The van der Waals surface area contributed by atoms with Crippen LogP contribution in [0.25, 0.3) is 0 Å². The highest BCUT2D eigenvalue weighted by molar-refractivity contribution is 5.71. The number of rotatable bonds is 16. The molecule has 0 heterocycles. The van der Waals surface area contributed by atoms with Gasteiger partial charge < -0.3 is 36.1 Å². The summed E-state index contributed by atoms with van der Waals surface area (Å²) in [5, 5.41) is 0. The second kappa shape index (κ2) is 17.1. The Bertz CT molecular complexity index is 1120. The summed E-state index contributed by atoms with van der Waals surface area (Å²) in [6.07, 6.45) is 8.17. The minimum absolute atomic E-state index is 0.0926. The standard InChI is InChI=1S/C37H63N3O8/c1-5-6-19-45-31(41)10-7-23(2)26-8-9-27-35-28(22-30(37(26,27)4)48-34(44)14-18-40)36(3)15-11-25(46-32(42)12-16-38)20-24(36)21-29(35)47-33(43)13-17-39/h23-30,35H,5-22,38-40H2,1-4H3/t23-,24?,25-,26-,27+,28+,29-,30+,35?,36+,37-/m1/s1. The zero-order valence-corrected chi connectivity index (χ0v) is 29.9. The second-order valence-corrected chi connectivity index (χ2v) is 15.6. The fourth-order valence-corrected chi connectivity index (χ4v) is 10.5. The van der Waals surface area contributed by atoms with Gasteiger partial charge in [0.05, 0.1) is 25.9 Å². The van der Waals surface area contributed by atoms with E-state index in [-0.39, 0.29) is 127 Å². The van der Waals surface area contributed by atoms with E-state index in [2.05, 4.69) is 27.7 Å². The van der Waals surface area contributed by atoms with Gasteiger partial charge in [-0.1, -0.05) is 34.1 Å². The average Bonchev–Trinajstić information content (AvgIpc) is 3.39. The number of carbonyl (C=O) groups is 4. The van der Waals surface area contributed by atoms with E-state index >= 15 is 0 Å². The maximum absolute atomic E-state index is 13.2. The molecule has 48 heavy (non-hydrogen) atoms. The normalized spacial score (nSPS) is 36.1. The Labute approximate surface area is 287 Å². The van der Waals surface area contributed by atoms with Crippen molar-refractivity contribution >= 4 is 23.9 Å².